The van der Waals surface area contributed by atoms with Crippen molar-refractivity contribution >= 4 is 35.0 Å². The van der Waals surface area contributed by atoms with Gasteiger partial charge in [-0.05, 0) is 43.7 Å². The van der Waals surface area contributed by atoms with Crippen LogP contribution in [0.4, 0.5) is 11.4 Å². The van der Waals surface area contributed by atoms with Gasteiger partial charge in [0.1, 0.15) is 11.5 Å². The largest absolute Gasteiger partial charge is 0.497 e. The van der Waals surface area contributed by atoms with Gasteiger partial charge in [-0.2, -0.15) is 0 Å². The van der Waals surface area contributed by atoms with Crippen LogP contribution >= 0.6 is 11.8 Å². The number of thioether (sulfide) groups is 1. The zero-order valence-electron chi connectivity index (χ0n) is 19.2. The molecule has 172 valence electrons. The zero-order valence-corrected chi connectivity index (χ0v) is 20.0. The number of hydrogen-bond acceptors (Lipinski definition) is 5. The number of aryl methyl sites for hydroxylation is 1. The summed E-state index contributed by atoms with van der Waals surface area (Å²) in [6.07, 6.45) is 0.636. The zero-order chi connectivity index (χ0) is 23.8. The molecule has 3 aromatic carbocycles. The second-order valence-electron chi connectivity index (χ2n) is 7.46. The molecule has 0 fully saturated rings. The van der Waals surface area contributed by atoms with Crippen LogP contribution in [0, 0.1) is 6.92 Å². The van der Waals surface area contributed by atoms with Gasteiger partial charge < -0.3 is 20.1 Å². The Morgan fingerprint density at radius 2 is 1.58 bits per heavy atom. The molecule has 33 heavy (non-hydrogen) atoms. The van der Waals surface area contributed by atoms with Crippen LogP contribution in [0.5, 0.6) is 11.5 Å². The van der Waals surface area contributed by atoms with Crippen molar-refractivity contribution in [3.8, 4) is 11.5 Å². The maximum atomic E-state index is 12.9. The molecular formula is C26H28N2O4S. The Morgan fingerprint density at radius 3 is 2.21 bits per heavy atom. The number of benzene rings is 3. The van der Waals surface area contributed by atoms with Gasteiger partial charge in [-0.1, -0.05) is 30.7 Å². The summed E-state index contributed by atoms with van der Waals surface area (Å²) in [5.74, 6) is 0.912. The number of methoxy groups -OCH3 is 2. The smallest absolute Gasteiger partial charge is 0.255 e. The van der Waals surface area contributed by atoms with Gasteiger partial charge >= 0.3 is 0 Å². The summed E-state index contributed by atoms with van der Waals surface area (Å²) in [5, 5.41) is 5.56. The molecule has 3 aromatic rings. The molecule has 2 N–H and O–H groups in total. The molecule has 0 aromatic heterocycles. The number of nitrogens with one attached hydrogen (secondary N) is 2. The Bertz CT molecular complexity index is 1110. The number of ether oxygens (including phenoxy) is 2. The van der Waals surface area contributed by atoms with Gasteiger partial charge in [0.25, 0.3) is 5.91 Å². The van der Waals surface area contributed by atoms with Crippen LogP contribution in [0.25, 0.3) is 0 Å². The fraction of sp³-hybridized carbons (Fsp3) is 0.231. The van der Waals surface area contributed by atoms with Gasteiger partial charge in [0.2, 0.25) is 5.91 Å². The van der Waals surface area contributed by atoms with E-state index in [1.807, 2.05) is 56.3 Å². The highest BCUT2D eigenvalue weighted by Crippen LogP contribution is 2.30. The molecule has 0 radical (unpaired) electrons. The summed E-state index contributed by atoms with van der Waals surface area (Å²) in [6.45, 7) is 3.92. The number of hydrogen-bond donors (Lipinski definition) is 2. The standard InChI is InChI=1S/C26H28N2O4S/c1-5-24(26(30)28-20-13-21(31-3)16-22(14-20)32-4)33-23-11-7-10-19(15-23)27-25(29)18-9-6-8-17(2)12-18/h6-16,24H,5H2,1-4H3,(H,27,29)(H,28,30). The molecule has 0 bridgehead atoms. The van der Waals surface area contributed by atoms with Crippen LogP contribution in [0.15, 0.2) is 71.6 Å². The van der Waals surface area contributed by atoms with Gasteiger partial charge in [0.05, 0.1) is 19.5 Å². The molecule has 3 rings (SSSR count). The van der Waals surface area contributed by atoms with E-state index < -0.39 is 0 Å². The van der Waals surface area contributed by atoms with E-state index in [2.05, 4.69) is 10.6 Å². The third-order valence-corrected chi connectivity index (χ3v) is 6.29. The van der Waals surface area contributed by atoms with Gasteiger partial charge in [-0.25, -0.2) is 0 Å². The fourth-order valence-corrected chi connectivity index (χ4v) is 4.24. The molecule has 1 unspecified atom stereocenters. The molecule has 0 aliphatic rings. The molecule has 1 atom stereocenters. The first-order valence-corrected chi connectivity index (χ1v) is 11.5. The van der Waals surface area contributed by atoms with Crippen LogP contribution in [0.3, 0.4) is 0 Å². The SMILES string of the molecule is CCC(Sc1cccc(NC(=O)c2cccc(C)c2)c1)C(=O)Nc1cc(OC)cc(OC)c1. The molecule has 0 saturated heterocycles. The van der Waals surface area contributed by atoms with E-state index in [0.29, 0.717) is 34.9 Å². The van der Waals surface area contributed by atoms with Crippen molar-refractivity contribution in [2.24, 2.45) is 0 Å². The molecule has 0 aliphatic heterocycles. The van der Waals surface area contributed by atoms with Gasteiger partial charge in [0.15, 0.2) is 0 Å². The third kappa shape index (κ3) is 6.76. The summed E-state index contributed by atoms with van der Waals surface area (Å²) in [5.41, 5.74) is 2.92. The first-order chi connectivity index (χ1) is 15.9. The number of anilines is 2. The summed E-state index contributed by atoms with van der Waals surface area (Å²) in [4.78, 5) is 26.4. The lowest BCUT2D eigenvalue weighted by Crippen LogP contribution is -2.24. The Balaban J connectivity index is 1.68. The highest BCUT2D eigenvalue weighted by molar-refractivity contribution is 8.00. The highest BCUT2D eigenvalue weighted by Gasteiger charge is 2.19. The number of amides is 2. The molecule has 6 nitrogen and oxygen atoms in total. The minimum Gasteiger partial charge on any atom is -0.497 e. The lowest BCUT2D eigenvalue weighted by Gasteiger charge is -2.16. The monoisotopic (exact) mass is 464 g/mol. The van der Waals surface area contributed by atoms with Gasteiger partial charge in [0, 0.05) is 40.0 Å². The first kappa shape index (κ1) is 24.2. The average Bonchev–Trinajstić information content (AvgIpc) is 2.82. The van der Waals surface area contributed by atoms with Crippen LogP contribution in [-0.4, -0.2) is 31.3 Å². The van der Waals surface area contributed by atoms with Crippen molar-refractivity contribution in [2.45, 2.75) is 30.4 Å². The highest BCUT2D eigenvalue weighted by atomic mass is 32.2. The van der Waals surface area contributed by atoms with Gasteiger partial charge in [-0.3, -0.25) is 9.59 Å². The van der Waals surface area contributed by atoms with Crippen molar-refractivity contribution in [1.29, 1.82) is 0 Å². The lowest BCUT2D eigenvalue weighted by atomic mass is 10.1. The summed E-state index contributed by atoms with van der Waals surface area (Å²) < 4.78 is 10.5. The second kappa shape index (κ2) is 11.4. The number of carbonyl (C=O) groups is 2. The summed E-state index contributed by atoms with van der Waals surface area (Å²) in [6, 6.07) is 20.2. The third-order valence-electron chi connectivity index (χ3n) is 4.93. The Labute approximate surface area is 198 Å². The minimum atomic E-state index is -0.315. The van der Waals surface area contributed by atoms with E-state index in [4.69, 9.17) is 9.47 Å². The molecule has 2 amide bonds. The van der Waals surface area contributed by atoms with Crippen molar-refractivity contribution in [3.05, 3.63) is 77.9 Å². The predicted molar refractivity (Wildman–Crippen MR) is 134 cm³/mol. The Hall–Kier alpha value is -3.45. The van der Waals surface area contributed by atoms with Crippen molar-refractivity contribution in [2.75, 3.05) is 24.9 Å². The van der Waals surface area contributed by atoms with Crippen LogP contribution < -0.4 is 20.1 Å². The Morgan fingerprint density at radius 1 is 0.879 bits per heavy atom. The summed E-state index contributed by atoms with van der Waals surface area (Å²) in [7, 11) is 3.13. The van der Waals surface area contributed by atoms with E-state index in [-0.39, 0.29) is 17.1 Å². The number of rotatable bonds is 9. The topological polar surface area (TPSA) is 76.7 Å². The molecule has 0 saturated carbocycles. The number of carbonyl (C=O) groups excluding carboxylic acids is 2. The molecule has 0 spiro atoms. The maximum absolute atomic E-state index is 12.9. The quantitative estimate of drug-likeness (QED) is 0.393. The molecular weight excluding hydrogens is 436 g/mol. The Kier molecular flexibility index (Phi) is 8.38. The normalized spacial score (nSPS) is 11.4. The molecule has 0 aliphatic carbocycles. The van der Waals surface area contributed by atoms with E-state index >= 15 is 0 Å². The van der Waals surface area contributed by atoms with Crippen molar-refractivity contribution < 1.29 is 19.1 Å². The molecule has 0 heterocycles. The second-order valence-corrected chi connectivity index (χ2v) is 8.73. The molecule has 7 heteroatoms. The van der Waals surface area contributed by atoms with Crippen LogP contribution in [-0.2, 0) is 4.79 Å². The van der Waals surface area contributed by atoms with E-state index in [0.717, 1.165) is 10.5 Å². The van der Waals surface area contributed by atoms with Crippen molar-refractivity contribution in [1.82, 2.24) is 0 Å². The van der Waals surface area contributed by atoms with E-state index in [9.17, 15) is 9.59 Å². The van der Waals surface area contributed by atoms with Crippen molar-refractivity contribution in [3.63, 3.8) is 0 Å². The maximum Gasteiger partial charge on any atom is 0.255 e. The van der Waals surface area contributed by atoms with Crippen LogP contribution in [0.2, 0.25) is 0 Å². The first-order valence-electron chi connectivity index (χ1n) is 10.6. The van der Waals surface area contributed by atoms with E-state index in [1.165, 1.54) is 11.8 Å². The lowest BCUT2D eigenvalue weighted by molar-refractivity contribution is -0.115. The average molecular weight is 465 g/mol. The summed E-state index contributed by atoms with van der Waals surface area (Å²) >= 11 is 1.45. The van der Waals surface area contributed by atoms with Gasteiger partial charge in [-0.15, -0.1) is 11.8 Å². The van der Waals surface area contributed by atoms with E-state index in [1.54, 1.807) is 38.5 Å². The fourth-order valence-electron chi connectivity index (χ4n) is 3.23. The van der Waals surface area contributed by atoms with Crippen LogP contribution in [0.1, 0.15) is 29.3 Å². The minimum absolute atomic E-state index is 0.119. The predicted octanol–water partition coefficient (Wildman–Crippen LogP) is 5.77.